The van der Waals surface area contributed by atoms with E-state index in [0.29, 0.717) is 5.69 Å². The largest absolute Gasteiger partial charge is 0.618 e. The van der Waals surface area contributed by atoms with E-state index >= 15 is 0 Å². The molecule has 0 aliphatic carbocycles. The van der Waals surface area contributed by atoms with E-state index in [1.807, 2.05) is 12.1 Å². The van der Waals surface area contributed by atoms with Crippen LogP contribution < -0.4 is 0 Å². The van der Waals surface area contributed by atoms with Gasteiger partial charge in [0.05, 0.1) is 19.4 Å². The highest BCUT2D eigenvalue weighted by Gasteiger charge is 2.29. The zero-order valence-electron chi connectivity index (χ0n) is 8.34. The Morgan fingerprint density at radius 2 is 2.27 bits per heavy atom. The summed E-state index contributed by atoms with van der Waals surface area (Å²) in [6, 6.07) is 7.27. The zero-order chi connectivity index (χ0) is 10.8. The van der Waals surface area contributed by atoms with Crippen LogP contribution in [-0.4, -0.2) is 24.0 Å². The standard InChI is InChI=1S/C11H11NO3/c1-15-11(13)6-8-7-12(14)10-5-3-2-4-9(8)10/h2-5,7-8H,6H2,1H3. The molecule has 0 radical (unpaired) electrons. The normalized spacial score (nSPS) is 18.2. The monoisotopic (exact) mass is 205 g/mol. The van der Waals surface area contributed by atoms with E-state index in [-0.39, 0.29) is 18.3 Å². The molecule has 0 amide bonds. The fraction of sp³-hybridized carbons (Fsp3) is 0.273. The van der Waals surface area contributed by atoms with Crippen molar-refractivity contribution in [2.75, 3.05) is 7.11 Å². The first-order valence-corrected chi connectivity index (χ1v) is 4.69. The number of esters is 1. The highest BCUT2D eigenvalue weighted by Crippen LogP contribution is 2.32. The second-order valence-electron chi connectivity index (χ2n) is 3.42. The lowest BCUT2D eigenvalue weighted by molar-refractivity contribution is -0.351. The molecule has 15 heavy (non-hydrogen) atoms. The molecule has 4 nitrogen and oxygen atoms in total. The van der Waals surface area contributed by atoms with Crippen LogP contribution in [0.3, 0.4) is 0 Å². The molecule has 1 aromatic carbocycles. The maximum Gasteiger partial charge on any atom is 0.306 e. The highest BCUT2D eigenvalue weighted by molar-refractivity contribution is 5.81. The molecule has 4 heteroatoms. The van der Waals surface area contributed by atoms with Gasteiger partial charge in [-0.2, -0.15) is 4.74 Å². The summed E-state index contributed by atoms with van der Waals surface area (Å²) >= 11 is 0. The van der Waals surface area contributed by atoms with Crippen LogP contribution in [0, 0.1) is 5.21 Å². The third-order valence-electron chi connectivity index (χ3n) is 2.50. The third kappa shape index (κ3) is 1.70. The molecule has 1 aromatic rings. The van der Waals surface area contributed by atoms with Crippen molar-refractivity contribution in [3.05, 3.63) is 35.0 Å². The minimum Gasteiger partial charge on any atom is -0.618 e. The predicted molar refractivity (Wildman–Crippen MR) is 55.2 cm³/mol. The summed E-state index contributed by atoms with van der Waals surface area (Å²) < 4.78 is 5.39. The summed E-state index contributed by atoms with van der Waals surface area (Å²) in [4.78, 5) is 11.1. The van der Waals surface area contributed by atoms with Gasteiger partial charge in [0.2, 0.25) is 5.69 Å². The lowest BCUT2D eigenvalue weighted by atomic mass is 9.98. The van der Waals surface area contributed by atoms with Crippen LogP contribution in [0.25, 0.3) is 0 Å². The number of para-hydroxylation sites is 1. The average molecular weight is 205 g/mol. The topological polar surface area (TPSA) is 52.4 Å². The fourth-order valence-electron chi connectivity index (χ4n) is 1.75. The Hall–Kier alpha value is -1.84. The maximum absolute atomic E-state index is 11.5. The number of hydrogen-bond acceptors (Lipinski definition) is 3. The molecular weight excluding hydrogens is 194 g/mol. The number of fused-ring (bicyclic) bond motifs is 1. The molecule has 1 aliphatic rings. The van der Waals surface area contributed by atoms with Crippen LogP contribution in [0.5, 0.6) is 0 Å². The van der Waals surface area contributed by atoms with Gasteiger partial charge in [0.25, 0.3) is 0 Å². The Kier molecular flexibility index (Phi) is 2.41. The number of methoxy groups -OCH3 is 1. The van der Waals surface area contributed by atoms with Crippen molar-refractivity contribution in [3.63, 3.8) is 0 Å². The van der Waals surface area contributed by atoms with Crippen LogP contribution in [0.1, 0.15) is 17.9 Å². The van der Waals surface area contributed by atoms with Gasteiger partial charge < -0.3 is 9.94 Å². The number of rotatable bonds is 2. The Labute approximate surface area is 87.4 Å². The summed E-state index contributed by atoms with van der Waals surface area (Å²) in [5.74, 6) is -0.465. The van der Waals surface area contributed by atoms with Crippen molar-refractivity contribution in [2.24, 2.45) is 0 Å². The molecular formula is C11H11NO3. The van der Waals surface area contributed by atoms with Gasteiger partial charge in [-0.3, -0.25) is 4.79 Å². The fourth-order valence-corrected chi connectivity index (χ4v) is 1.75. The van der Waals surface area contributed by atoms with Gasteiger partial charge in [0.1, 0.15) is 0 Å². The maximum atomic E-state index is 11.5. The average Bonchev–Trinajstić information content (AvgIpc) is 2.57. The predicted octanol–water partition coefficient (Wildman–Crippen LogP) is 1.56. The molecule has 78 valence electrons. The first-order chi connectivity index (χ1) is 7.22. The second-order valence-corrected chi connectivity index (χ2v) is 3.42. The van der Waals surface area contributed by atoms with E-state index < -0.39 is 0 Å². The Morgan fingerprint density at radius 1 is 1.53 bits per heavy atom. The third-order valence-corrected chi connectivity index (χ3v) is 2.50. The Balaban J connectivity index is 2.27. The van der Waals surface area contributed by atoms with Gasteiger partial charge in [0.15, 0.2) is 6.21 Å². The van der Waals surface area contributed by atoms with E-state index in [1.54, 1.807) is 12.1 Å². The van der Waals surface area contributed by atoms with Crippen molar-refractivity contribution in [1.82, 2.24) is 0 Å². The first kappa shape index (κ1) is 9.71. The number of nitrogens with zero attached hydrogens (tertiary/aromatic N) is 1. The lowest BCUT2D eigenvalue weighted by Gasteiger charge is -2.03. The molecule has 1 aliphatic heterocycles. The molecule has 0 saturated carbocycles. The summed E-state index contributed by atoms with van der Waals surface area (Å²) in [6.45, 7) is 0. The summed E-state index contributed by atoms with van der Waals surface area (Å²) in [6.07, 6.45) is 1.72. The first-order valence-electron chi connectivity index (χ1n) is 4.69. The smallest absolute Gasteiger partial charge is 0.306 e. The minimum atomic E-state index is -0.304. The number of carbonyl (C=O) groups is 1. The van der Waals surface area contributed by atoms with Crippen molar-refractivity contribution in [2.45, 2.75) is 12.3 Å². The quantitative estimate of drug-likeness (QED) is 0.418. The van der Waals surface area contributed by atoms with E-state index in [9.17, 15) is 10.0 Å². The highest BCUT2D eigenvalue weighted by atomic mass is 16.5. The minimum absolute atomic E-state index is 0.161. The molecule has 0 fully saturated rings. The summed E-state index contributed by atoms with van der Waals surface area (Å²) in [5, 5.41) is 11.5. The molecule has 2 rings (SSSR count). The number of ether oxygens (including phenoxy) is 1. The van der Waals surface area contributed by atoms with E-state index in [2.05, 4.69) is 4.74 Å². The lowest BCUT2D eigenvalue weighted by Crippen LogP contribution is -2.08. The summed E-state index contributed by atoms with van der Waals surface area (Å²) in [5.41, 5.74) is 1.50. The summed E-state index contributed by atoms with van der Waals surface area (Å²) in [7, 11) is 1.35. The van der Waals surface area contributed by atoms with Gasteiger partial charge >= 0.3 is 5.97 Å². The number of benzene rings is 1. The molecule has 1 unspecified atom stereocenters. The van der Waals surface area contributed by atoms with Crippen molar-refractivity contribution < 1.29 is 14.3 Å². The van der Waals surface area contributed by atoms with E-state index in [1.165, 1.54) is 13.3 Å². The van der Waals surface area contributed by atoms with Crippen molar-refractivity contribution in [1.29, 1.82) is 0 Å². The molecule has 0 aromatic heterocycles. The molecule has 0 saturated heterocycles. The van der Waals surface area contributed by atoms with Gasteiger partial charge in [-0.05, 0) is 0 Å². The van der Waals surface area contributed by atoms with Gasteiger partial charge in [0, 0.05) is 11.6 Å². The van der Waals surface area contributed by atoms with Crippen LogP contribution in [0.4, 0.5) is 5.69 Å². The van der Waals surface area contributed by atoms with Crippen LogP contribution in [0.2, 0.25) is 0 Å². The zero-order valence-corrected chi connectivity index (χ0v) is 8.34. The second kappa shape index (κ2) is 3.73. The number of carbonyl (C=O) groups excluding carboxylic acids is 1. The van der Waals surface area contributed by atoms with Crippen molar-refractivity contribution in [3.8, 4) is 0 Å². The molecule has 0 N–H and O–H groups in total. The van der Waals surface area contributed by atoms with Crippen LogP contribution in [-0.2, 0) is 9.53 Å². The molecule has 1 atom stereocenters. The van der Waals surface area contributed by atoms with Gasteiger partial charge in [-0.15, -0.1) is 0 Å². The van der Waals surface area contributed by atoms with Crippen molar-refractivity contribution >= 4 is 17.9 Å². The molecule has 0 spiro atoms. The molecule has 1 heterocycles. The van der Waals surface area contributed by atoms with E-state index in [4.69, 9.17) is 0 Å². The van der Waals surface area contributed by atoms with E-state index in [0.717, 1.165) is 10.3 Å². The molecule has 0 bridgehead atoms. The van der Waals surface area contributed by atoms with Crippen LogP contribution >= 0.6 is 0 Å². The van der Waals surface area contributed by atoms with Gasteiger partial charge in [-0.1, -0.05) is 18.2 Å². The Morgan fingerprint density at radius 3 is 3.00 bits per heavy atom. The van der Waals surface area contributed by atoms with Crippen LogP contribution in [0.15, 0.2) is 24.3 Å². The number of hydrogen-bond donors (Lipinski definition) is 0. The Bertz CT molecular complexity index is 426. The SMILES string of the molecule is COC(=O)CC1C=[N+]([O-])c2ccccc21. The van der Waals surface area contributed by atoms with Gasteiger partial charge in [-0.25, -0.2) is 0 Å².